The SMILES string of the molecule is O=C(O)CCCc1csc(NC(=O)CCn2cccn2)n1. The van der Waals surface area contributed by atoms with E-state index in [9.17, 15) is 9.59 Å². The predicted molar refractivity (Wildman–Crippen MR) is 78.2 cm³/mol. The fourth-order valence-electron chi connectivity index (χ4n) is 1.73. The Labute approximate surface area is 125 Å². The van der Waals surface area contributed by atoms with E-state index in [-0.39, 0.29) is 12.3 Å². The maximum Gasteiger partial charge on any atom is 0.303 e. The minimum atomic E-state index is -0.808. The maximum absolute atomic E-state index is 11.8. The van der Waals surface area contributed by atoms with Crippen LogP contribution in [0.1, 0.15) is 25.0 Å². The van der Waals surface area contributed by atoms with E-state index in [0.717, 1.165) is 5.69 Å². The molecule has 2 N–H and O–H groups in total. The third-order valence-electron chi connectivity index (χ3n) is 2.75. The Bertz CT molecular complexity index is 594. The molecule has 0 radical (unpaired) electrons. The van der Waals surface area contributed by atoms with Crippen molar-refractivity contribution < 1.29 is 14.7 Å². The van der Waals surface area contributed by atoms with Gasteiger partial charge in [-0.2, -0.15) is 5.10 Å². The van der Waals surface area contributed by atoms with Crippen molar-refractivity contribution in [2.24, 2.45) is 0 Å². The van der Waals surface area contributed by atoms with Crippen molar-refractivity contribution in [1.82, 2.24) is 14.8 Å². The van der Waals surface area contributed by atoms with Gasteiger partial charge >= 0.3 is 5.97 Å². The molecule has 0 aliphatic carbocycles. The zero-order chi connectivity index (χ0) is 15.1. The fourth-order valence-corrected chi connectivity index (χ4v) is 2.49. The number of rotatable bonds is 8. The number of carbonyl (C=O) groups is 2. The van der Waals surface area contributed by atoms with E-state index in [1.54, 1.807) is 17.1 Å². The van der Waals surface area contributed by atoms with Gasteiger partial charge in [0.2, 0.25) is 5.91 Å². The molecule has 0 bridgehead atoms. The first-order chi connectivity index (χ1) is 10.1. The van der Waals surface area contributed by atoms with Crippen LogP contribution >= 0.6 is 11.3 Å². The second kappa shape index (κ2) is 7.53. The highest BCUT2D eigenvalue weighted by Gasteiger charge is 2.07. The number of hydrogen-bond donors (Lipinski definition) is 2. The maximum atomic E-state index is 11.8. The Morgan fingerprint density at radius 3 is 2.95 bits per heavy atom. The quantitative estimate of drug-likeness (QED) is 0.774. The number of anilines is 1. The number of nitrogens with one attached hydrogen (secondary N) is 1. The van der Waals surface area contributed by atoms with Gasteiger partial charge in [0.1, 0.15) is 0 Å². The largest absolute Gasteiger partial charge is 0.481 e. The summed E-state index contributed by atoms with van der Waals surface area (Å²) in [5, 5.41) is 17.7. The lowest BCUT2D eigenvalue weighted by Crippen LogP contribution is -2.14. The summed E-state index contributed by atoms with van der Waals surface area (Å²) in [7, 11) is 0. The first-order valence-corrected chi connectivity index (χ1v) is 7.45. The Hall–Kier alpha value is -2.22. The molecule has 0 fully saturated rings. The molecule has 21 heavy (non-hydrogen) atoms. The number of aromatic nitrogens is 3. The van der Waals surface area contributed by atoms with Crippen LogP contribution < -0.4 is 5.32 Å². The van der Waals surface area contributed by atoms with Crippen LogP contribution in [0.5, 0.6) is 0 Å². The van der Waals surface area contributed by atoms with Crippen molar-refractivity contribution in [3.8, 4) is 0 Å². The van der Waals surface area contributed by atoms with Crippen LogP contribution in [0.4, 0.5) is 5.13 Å². The summed E-state index contributed by atoms with van der Waals surface area (Å²) >= 11 is 1.35. The van der Waals surface area contributed by atoms with Crippen molar-refractivity contribution in [2.45, 2.75) is 32.2 Å². The number of nitrogens with zero attached hydrogens (tertiary/aromatic N) is 3. The van der Waals surface area contributed by atoms with Crippen molar-refractivity contribution in [3.63, 3.8) is 0 Å². The van der Waals surface area contributed by atoms with Gasteiger partial charge in [0.05, 0.1) is 5.69 Å². The van der Waals surface area contributed by atoms with Gasteiger partial charge in [0, 0.05) is 37.2 Å². The molecule has 0 aromatic carbocycles. The van der Waals surface area contributed by atoms with Gasteiger partial charge in [-0.15, -0.1) is 11.3 Å². The molecule has 0 saturated carbocycles. The van der Waals surface area contributed by atoms with Crippen molar-refractivity contribution in [1.29, 1.82) is 0 Å². The molecular formula is C13H16N4O3S. The standard InChI is InChI=1S/C13H16N4O3S/c18-11(5-8-17-7-2-6-14-17)16-13-15-10(9-21-13)3-1-4-12(19)20/h2,6-7,9H,1,3-5,8H2,(H,19,20)(H,15,16,18). The van der Waals surface area contributed by atoms with E-state index in [1.165, 1.54) is 11.3 Å². The predicted octanol–water partition coefficient (Wildman–Crippen LogP) is 1.78. The van der Waals surface area contributed by atoms with Crippen molar-refractivity contribution >= 4 is 28.3 Å². The summed E-state index contributed by atoms with van der Waals surface area (Å²) in [5.74, 6) is -0.922. The topological polar surface area (TPSA) is 97.1 Å². The highest BCUT2D eigenvalue weighted by atomic mass is 32.1. The highest BCUT2D eigenvalue weighted by molar-refractivity contribution is 7.13. The summed E-state index contributed by atoms with van der Waals surface area (Å²) in [5.41, 5.74) is 0.809. The van der Waals surface area contributed by atoms with Crippen molar-refractivity contribution in [2.75, 3.05) is 5.32 Å². The first kappa shape index (κ1) is 15.2. The molecule has 2 heterocycles. The Kier molecular flexibility index (Phi) is 5.44. The summed E-state index contributed by atoms with van der Waals surface area (Å²) < 4.78 is 1.69. The molecule has 0 aliphatic rings. The average Bonchev–Trinajstić information content (AvgIpc) is 3.08. The molecule has 2 rings (SSSR count). The van der Waals surface area contributed by atoms with Crippen LogP contribution in [0.25, 0.3) is 0 Å². The number of aliphatic carboxylic acids is 1. The second-order valence-corrected chi connectivity index (χ2v) is 5.32. The summed E-state index contributed by atoms with van der Waals surface area (Å²) in [4.78, 5) is 26.4. The third-order valence-corrected chi connectivity index (χ3v) is 3.56. The molecule has 1 amide bonds. The molecular weight excluding hydrogens is 292 g/mol. The Morgan fingerprint density at radius 1 is 1.38 bits per heavy atom. The minimum absolute atomic E-state index is 0.114. The van der Waals surface area contributed by atoms with Crippen LogP contribution in [-0.4, -0.2) is 31.7 Å². The molecule has 0 unspecified atom stereocenters. The van der Waals surface area contributed by atoms with Gasteiger partial charge in [-0.05, 0) is 18.9 Å². The molecule has 8 heteroatoms. The van der Waals surface area contributed by atoms with Crippen LogP contribution in [0.15, 0.2) is 23.8 Å². The number of hydrogen-bond acceptors (Lipinski definition) is 5. The van der Waals surface area contributed by atoms with Gasteiger partial charge in [-0.25, -0.2) is 4.98 Å². The van der Waals surface area contributed by atoms with Gasteiger partial charge in [-0.1, -0.05) is 0 Å². The van der Waals surface area contributed by atoms with E-state index in [0.29, 0.717) is 30.9 Å². The third kappa shape index (κ3) is 5.35. The van der Waals surface area contributed by atoms with Gasteiger partial charge in [0.15, 0.2) is 5.13 Å². The number of thiazole rings is 1. The zero-order valence-corrected chi connectivity index (χ0v) is 12.2. The molecule has 0 atom stereocenters. The van der Waals surface area contributed by atoms with E-state index in [1.807, 2.05) is 11.4 Å². The van der Waals surface area contributed by atoms with Gasteiger partial charge in [-0.3, -0.25) is 14.3 Å². The molecule has 2 aromatic rings. The van der Waals surface area contributed by atoms with E-state index in [4.69, 9.17) is 5.11 Å². The first-order valence-electron chi connectivity index (χ1n) is 6.57. The lowest BCUT2D eigenvalue weighted by molar-refractivity contribution is -0.137. The van der Waals surface area contributed by atoms with Crippen molar-refractivity contribution in [3.05, 3.63) is 29.5 Å². The van der Waals surface area contributed by atoms with Crippen LogP contribution in [0, 0.1) is 0 Å². The normalized spacial score (nSPS) is 10.5. The lowest BCUT2D eigenvalue weighted by Gasteiger charge is -2.02. The second-order valence-electron chi connectivity index (χ2n) is 4.46. The number of carbonyl (C=O) groups excluding carboxylic acids is 1. The molecule has 7 nitrogen and oxygen atoms in total. The number of carboxylic acid groups (broad SMARTS) is 1. The zero-order valence-electron chi connectivity index (χ0n) is 11.4. The van der Waals surface area contributed by atoms with Crippen LogP contribution in [0.3, 0.4) is 0 Å². The summed E-state index contributed by atoms with van der Waals surface area (Å²) in [6.45, 7) is 0.523. The Balaban J connectivity index is 1.73. The number of carboxylic acids is 1. The summed E-state index contributed by atoms with van der Waals surface area (Å²) in [6.07, 6.45) is 5.08. The van der Waals surface area contributed by atoms with Crippen LogP contribution in [-0.2, 0) is 22.6 Å². The van der Waals surface area contributed by atoms with E-state index < -0.39 is 5.97 Å². The average molecular weight is 308 g/mol. The van der Waals surface area contributed by atoms with Gasteiger partial charge in [0.25, 0.3) is 0 Å². The fraction of sp³-hybridized carbons (Fsp3) is 0.385. The summed E-state index contributed by atoms with van der Waals surface area (Å²) in [6, 6.07) is 1.81. The lowest BCUT2D eigenvalue weighted by atomic mass is 10.2. The molecule has 0 spiro atoms. The molecule has 2 aromatic heterocycles. The van der Waals surface area contributed by atoms with Gasteiger partial charge < -0.3 is 10.4 Å². The van der Waals surface area contributed by atoms with E-state index in [2.05, 4.69) is 15.4 Å². The minimum Gasteiger partial charge on any atom is -0.481 e. The van der Waals surface area contributed by atoms with E-state index >= 15 is 0 Å². The number of aryl methyl sites for hydroxylation is 2. The Morgan fingerprint density at radius 2 is 2.24 bits per heavy atom. The highest BCUT2D eigenvalue weighted by Crippen LogP contribution is 2.17. The number of amides is 1. The molecule has 0 aliphatic heterocycles. The smallest absolute Gasteiger partial charge is 0.303 e. The molecule has 0 saturated heterocycles. The van der Waals surface area contributed by atoms with Crippen LogP contribution in [0.2, 0.25) is 0 Å². The molecule has 112 valence electrons. The monoisotopic (exact) mass is 308 g/mol.